The third-order valence-corrected chi connectivity index (χ3v) is 2.43. The van der Waals surface area contributed by atoms with E-state index in [0.29, 0.717) is 11.4 Å². The Morgan fingerprint density at radius 1 is 1.28 bits per heavy atom. The van der Waals surface area contributed by atoms with Gasteiger partial charge in [-0.05, 0) is 50.4 Å². The third-order valence-electron chi connectivity index (χ3n) is 2.43. The van der Waals surface area contributed by atoms with E-state index in [4.69, 9.17) is 10.5 Å². The van der Waals surface area contributed by atoms with E-state index in [1.165, 1.54) is 0 Å². The smallest absolute Gasteiger partial charge is 0.338 e. The van der Waals surface area contributed by atoms with Crippen molar-refractivity contribution in [3.63, 3.8) is 0 Å². The van der Waals surface area contributed by atoms with Crippen molar-refractivity contribution in [3.05, 3.63) is 36.0 Å². The van der Waals surface area contributed by atoms with Crippen LogP contribution in [0.5, 0.6) is 0 Å². The summed E-state index contributed by atoms with van der Waals surface area (Å²) in [7, 11) is 0. The van der Waals surface area contributed by atoms with Gasteiger partial charge in [0.1, 0.15) is 11.4 Å². The first-order chi connectivity index (χ1) is 8.37. The van der Waals surface area contributed by atoms with Crippen LogP contribution >= 0.6 is 0 Å². The molecule has 0 saturated heterocycles. The maximum Gasteiger partial charge on any atom is 0.338 e. The van der Waals surface area contributed by atoms with Crippen LogP contribution in [0.1, 0.15) is 31.1 Å². The van der Waals surface area contributed by atoms with Crippen LogP contribution in [0.25, 0.3) is 10.8 Å². The third kappa shape index (κ3) is 2.59. The molecule has 0 aliphatic heterocycles. The van der Waals surface area contributed by atoms with E-state index < -0.39 is 5.60 Å². The van der Waals surface area contributed by atoms with Crippen molar-refractivity contribution in [2.24, 2.45) is 0 Å². The van der Waals surface area contributed by atoms with Gasteiger partial charge in [0, 0.05) is 11.6 Å². The zero-order valence-electron chi connectivity index (χ0n) is 10.7. The molecule has 0 aliphatic rings. The van der Waals surface area contributed by atoms with Gasteiger partial charge in [-0.15, -0.1) is 0 Å². The summed E-state index contributed by atoms with van der Waals surface area (Å²) >= 11 is 0. The Kier molecular flexibility index (Phi) is 2.95. The molecule has 0 amide bonds. The van der Waals surface area contributed by atoms with Gasteiger partial charge in [-0.1, -0.05) is 0 Å². The molecular formula is C14H16N2O2. The van der Waals surface area contributed by atoms with Crippen molar-refractivity contribution in [3.8, 4) is 0 Å². The summed E-state index contributed by atoms with van der Waals surface area (Å²) in [5, 5.41) is 1.72. The Balaban J connectivity index is 2.39. The normalized spacial score (nSPS) is 11.5. The number of nitrogen functional groups attached to an aromatic ring is 1. The predicted octanol–water partition coefficient (Wildman–Crippen LogP) is 2.77. The maximum atomic E-state index is 11.9. The molecule has 0 bridgehead atoms. The molecule has 1 heterocycles. The number of nitrogens with two attached hydrogens (primary N) is 1. The minimum Gasteiger partial charge on any atom is -0.456 e. The largest absolute Gasteiger partial charge is 0.456 e. The number of benzene rings is 1. The molecule has 4 nitrogen and oxygen atoms in total. The fourth-order valence-electron chi connectivity index (χ4n) is 1.67. The number of anilines is 1. The van der Waals surface area contributed by atoms with Crippen molar-refractivity contribution in [2.45, 2.75) is 26.4 Å². The van der Waals surface area contributed by atoms with Crippen molar-refractivity contribution in [1.82, 2.24) is 4.98 Å². The summed E-state index contributed by atoms with van der Waals surface area (Å²) in [6.45, 7) is 5.52. The van der Waals surface area contributed by atoms with Crippen molar-refractivity contribution in [1.29, 1.82) is 0 Å². The zero-order valence-corrected chi connectivity index (χ0v) is 10.7. The summed E-state index contributed by atoms with van der Waals surface area (Å²) in [6.07, 6.45) is 1.62. The van der Waals surface area contributed by atoms with Crippen LogP contribution in [0.15, 0.2) is 30.5 Å². The lowest BCUT2D eigenvalue weighted by atomic mass is 10.1. The van der Waals surface area contributed by atoms with Crippen molar-refractivity contribution < 1.29 is 9.53 Å². The predicted molar refractivity (Wildman–Crippen MR) is 71.3 cm³/mol. The highest BCUT2D eigenvalue weighted by molar-refractivity contribution is 5.98. The summed E-state index contributed by atoms with van der Waals surface area (Å²) in [6, 6.07) is 7.08. The minimum atomic E-state index is -0.497. The van der Waals surface area contributed by atoms with Gasteiger partial charge in [0.2, 0.25) is 0 Å². The number of fused-ring (bicyclic) bond motifs is 1. The Labute approximate surface area is 106 Å². The topological polar surface area (TPSA) is 65.2 Å². The molecule has 2 aromatic rings. The lowest BCUT2D eigenvalue weighted by molar-refractivity contribution is 0.00697. The maximum absolute atomic E-state index is 11.9. The highest BCUT2D eigenvalue weighted by atomic mass is 16.6. The number of hydrogen-bond donors (Lipinski definition) is 1. The van der Waals surface area contributed by atoms with E-state index in [1.807, 2.05) is 26.8 Å². The lowest BCUT2D eigenvalue weighted by Gasteiger charge is -2.19. The standard InChI is InChI=1S/C14H16N2O2/c1-14(2,3)18-13(17)10-4-5-11-9(8-10)6-7-16-12(11)15/h4-8H,1-3H3,(H2,15,16). The number of esters is 1. The number of rotatable bonds is 1. The number of hydrogen-bond acceptors (Lipinski definition) is 4. The van der Waals surface area contributed by atoms with E-state index in [-0.39, 0.29) is 5.97 Å². The first-order valence-electron chi connectivity index (χ1n) is 5.74. The monoisotopic (exact) mass is 244 g/mol. The Morgan fingerprint density at radius 3 is 2.67 bits per heavy atom. The van der Waals surface area contributed by atoms with Crippen molar-refractivity contribution >= 4 is 22.6 Å². The van der Waals surface area contributed by atoms with Gasteiger partial charge in [0.25, 0.3) is 0 Å². The summed E-state index contributed by atoms with van der Waals surface area (Å²) in [4.78, 5) is 15.9. The first kappa shape index (κ1) is 12.4. The number of ether oxygens (including phenoxy) is 1. The number of pyridine rings is 1. The molecule has 2 rings (SSSR count). The van der Waals surface area contributed by atoms with Gasteiger partial charge in [-0.3, -0.25) is 0 Å². The Hall–Kier alpha value is -2.10. The highest BCUT2D eigenvalue weighted by Gasteiger charge is 2.18. The first-order valence-corrected chi connectivity index (χ1v) is 5.74. The number of aromatic nitrogens is 1. The molecule has 4 heteroatoms. The molecule has 0 aliphatic carbocycles. The van der Waals surface area contributed by atoms with Gasteiger partial charge >= 0.3 is 5.97 Å². The number of nitrogens with zero attached hydrogens (tertiary/aromatic N) is 1. The zero-order chi connectivity index (χ0) is 13.3. The molecule has 0 unspecified atom stereocenters. The Bertz CT molecular complexity index is 600. The van der Waals surface area contributed by atoms with Crippen LogP contribution in [0.4, 0.5) is 5.82 Å². The van der Waals surface area contributed by atoms with Gasteiger partial charge < -0.3 is 10.5 Å². The van der Waals surface area contributed by atoms with E-state index in [2.05, 4.69) is 4.98 Å². The molecule has 0 atom stereocenters. The van der Waals surface area contributed by atoms with Crippen LogP contribution in [0, 0.1) is 0 Å². The molecule has 0 spiro atoms. The fraction of sp³-hybridized carbons (Fsp3) is 0.286. The highest BCUT2D eigenvalue weighted by Crippen LogP contribution is 2.21. The summed E-state index contributed by atoms with van der Waals surface area (Å²) < 4.78 is 5.32. The molecule has 94 valence electrons. The van der Waals surface area contributed by atoms with Gasteiger partial charge in [0.05, 0.1) is 5.56 Å². The van der Waals surface area contributed by atoms with Gasteiger partial charge in [-0.25, -0.2) is 9.78 Å². The molecule has 2 N–H and O–H groups in total. The van der Waals surface area contributed by atoms with Crippen LogP contribution < -0.4 is 5.73 Å². The number of carbonyl (C=O) groups excluding carboxylic acids is 1. The van der Waals surface area contributed by atoms with E-state index in [9.17, 15) is 4.79 Å². The SMILES string of the molecule is CC(C)(C)OC(=O)c1ccc2c(N)nccc2c1. The second-order valence-electron chi connectivity index (χ2n) is 5.13. The molecule has 18 heavy (non-hydrogen) atoms. The molecule has 0 fully saturated rings. The second kappa shape index (κ2) is 4.29. The van der Waals surface area contributed by atoms with Crippen molar-refractivity contribution in [2.75, 3.05) is 5.73 Å². The summed E-state index contributed by atoms with van der Waals surface area (Å²) in [5.41, 5.74) is 5.78. The second-order valence-corrected chi connectivity index (χ2v) is 5.13. The average Bonchev–Trinajstić information content (AvgIpc) is 2.26. The fourth-order valence-corrected chi connectivity index (χ4v) is 1.67. The van der Waals surface area contributed by atoms with Crippen LogP contribution in [0.2, 0.25) is 0 Å². The molecule has 1 aromatic heterocycles. The minimum absolute atomic E-state index is 0.334. The lowest BCUT2D eigenvalue weighted by Crippen LogP contribution is -2.23. The number of carbonyl (C=O) groups is 1. The average molecular weight is 244 g/mol. The quantitative estimate of drug-likeness (QED) is 0.783. The van der Waals surface area contributed by atoms with Crippen LogP contribution in [-0.2, 0) is 4.74 Å². The van der Waals surface area contributed by atoms with E-state index in [1.54, 1.807) is 24.4 Å². The van der Waals surface area contributed by atoms with Crippen LogP contribution in [-0.4, -0.2) is 16.6 Å². The molecule has 0 saturated carbocycles. The van der Waals surface area contributed by atoms with Gasteiger partial charge in [0.15, 0.2) is 0 Å². The summed E-state index contributed by atoms with van der Waals surface area (Å²) in [5.74, 6) is 0.128. The van der Waals surface area contributed by atoms with E-state index in [0.717, 1.165) is 10.8 Å². The molecular weight excluding hydrogens is 228 g/mol. The molecule has 1 aromatic carbocycles. The van der Waals surface area contributed by atoms with Gasteiger partial charge in [-0.2, -0.15) is 0 Å². The van der Waals surface area contributed by atoms with E-state index >= 15 is 0 Å². The molecule has 0 radical (unpaired) electrons. The van der Waals surface area contributed by atoms with Crippen LogP contribution in [0.3, 0.4) is 0 Å². The Morgan fingerprint density at radius 2 is 2.00 bits per heavy atom.